The Morgan fingerprint density at radius 1 is 0.939 bits per heavy atom. The van der Waals surface area contributed by atoms with Gasteiger partial charge in [0, 0.05) is 51.5 Å². The summed E-state index contributed by atoms with van der Waals surface area (Å²) < 4.78 is 6.13. The molecule has 0 spiro atoms. The smallest absolute Gasteiger partial charge is 0.142 e. The lowest BCUT2D eigenvalue weighted by Gasteiger charge is -2.23. The van der Waals surface area contributed by atoms with E-state index >= 15 is 0 Å². The average Bonchev–Trinajstić information content (AvgIpc) is 2.81. The van der Waals surface area contributed by atoms with Crippen LogP contribution in [0.1, 0.15) is 26.7 Å². The molecule has 0 fully saturated rings. The number of aromatic nitrogens is 2. The number of rotatable bonds is 10. The van der Waals surface area contributed by atoms with Crippen LogP contribution in [0.2, 0.25) is 10.0 Å². The topological polar surface area (TPSA) is 50.3 Å². The number of halogens is 2. The predicted octanol–water partition coefficient (Wildman–Crippen LogP) is 7.03. The first-order chi connectivity index (χ1) is 16.0. The van der Waals surface area contributed by atoms with Crippen LogP contribution in [0.25, 0.3) is 21.8 Å². The molecule has 0 aliphatic heterocycles. The minimum absolute atomic E-state index is 0.333. The molecule has 7 heteroatoms. The second-order valence-corrected chi connectivity index (χ2v) is 9.04. The van der Waals surface area contributed by atoms with Crippen molar-refractivity contribution in [1.82, 2.24) is 14.9 Å². The number of ether oxygens (including phenoxy) is 1. The second kappa shape index (κ2) is 11.0. The van der Waals surface area contributed by atoms with Crippen LogP contribution in [-0.2, 0) is 0 Å². The van der Waals surface area contributed by atoms with Gasteiger partial charge in [0.15, 0.2) is 0 Å². The van der Waals surface area contributed by atoms with Gasteiger partial charge >= 0.3 is 0 Å². The third-order valence-corrected chi connectivity index (χ3v) is 6.20. The van der Waals surface area contributed by atoms with Crippen LogP contribution in [0.5, 0.6) is 5.75 Å². The van der Waals surface area contributed by atoms with Gasteiger partial charge in [0.1, 0.15) is 12.5 Å². The molecule has 33 heavy (non-hydrogen) atoms. The molecule has 0 saturated heterocycles. The van der Waals surface area contributed by atoms with E-state index in [1.807, 2.05) is 54.7 Å². The van der Waals surface area contributed by atoms with Crippen LogP contribution in [0.4, 0.5) is 5.69 Å². The highest BCUT2D eigenvalue weighted by Gasteiger charge is 2.10. The zero-order valence-corrected chi connectivity index (χ0v) is 20.4. The molecule has 0 amide bonds. The molecule has 2 heterocycles. The van der Waals surface area contributed by atoms with Crippen LogP contribution >= 0.6 is 23.2 Å². The molecule has 172 valence electrons. The summed E-state index contributed by atoms with van der Waals surface area (Å²) in [5, 5.41) is 7.06. The van der Waals surface area contributed by atoms with Gasteiger partial charge in [-0.25, -0.2) is 0 Å². The summed E-state index contributed by atoms with van der Waals surface area (Å²) in [5.74, 6) is 0.829. The lowest BCUT2D eigenvalue weighted by atomic mass is 10.1. The molecule has 0 aliphatic carbocycles. The fraction of sp³-hybridized carbons (Fsp3) is 0.308. The highest BCUT2D eigenvalue weighted by molar-refractivity contribution is 6.31. The number of pyridine rings is 2. The van der Waals surface area contributed by atoms with Gasteiger partial charge in [0.05, 0.1) is 11.0 Å². The fourth-order valence-electron chi connectivity index (χ4n) is 3.90. The van der Waals surface area contributed by atoms with Crippen LogP contribution in [0.15, 0.2) is 60.9 Å². The molecular formula is C26H28Cl2N4O. The lowest BCUT2D eigenvalue weighted by Crippen LogP contribution is -2.30. The van der Waals surface area contributed by atoms with Crippen molar-refractivity contribution in [2.24, 2.45) is 0 Å². The number of nitrogens with zero attached hydrogens (tertiary/aromatic N) is 3. The van der Waals surface area contributed by atoms with E-state index in [4.69, 9.17) is 27.9 Å². The Bertz CT molecular complexity index is 1230. The van der Waals surface area contributed by atoms with E-state index in [0.29, 0.717) is 22.8 Å². The van der Waals surface area contributed by atoms with Crippen molar-refractivity contribution >= 4 is 50.7 Å². The highest BCUT2D eigenvalue weighted by Crippen LogP contribution is 2.27. The maximum absolute atomic E-state index is 6.13. The summed E-state index contributed by atoms with van der Waals surface area (Å²) in [6.07, 6.45) is 5.69. The summed E-state index contributed by atoms with van der Waals surface area (Å²) in [5.41, 5.74) is 2.83. The third kappa shape index (κ3) is 6.05. The monoisotopic (exact) mass is 482 g/mol. The molecule has 0 aliphatic rings. The first-order valence-corrected chi connectivity index (χ1v) is 12.0. The summed E-state index contributed by atoms with van der Waals surface area (Å²) in [4.78, 5) is 11.1. The van der Waals surface area contributed by atoms with Crippen molar-refractivity contribution in [3.05, 3.63) is 71.0 Å². The quantitative estimate of drug-likeness (QED) is 0.246. The van der Waals surface area contributed by atoms with Crippen LogP contribution in [-0.4, -0.2) is 40.7 Å². The van der Waals surface area contributed by atoms with Crippen molar-refractivity contribution in [3.8, 4) is 5.75 Å². The van der Waals surface area contributed by atoms with E-state index in [0.717, 1.165) is 59.2 Å². The Labute approximate surface area is 204 Å². The Kier molecular flexibility index (Phi) is 7.86. The maximum Gasteiger partial charge on any atom is 0.142 e. The third-order valence-electron chi connectivity index (χ3n) is 5.73. The van der Waals surface area contributed by atoms with E-state index < -0.39 is 0 Å². The van der Waals surface area contributed by atoms with Gasteiger partial charge in [-0.1, -0.05) is 30.1 Å². The summed E-state index contributed by atoms with van der Waals surface area (Å²) in [7, 11) is 0. The molecule has 0 saturated carbocycles. The van der Waals surface area contributed by atoms with E-state index in [9.17, 15) is 0 Å². The Hall–Kier alpha value is -2.60. The molecular weight excluding hydrogens is 455 g/mol. The number of benzene rings is 2. The van der Waals surface area contributed by atoms with Gasteiger partial charge in [-0.05, 0) is 74.8 Å². The van der Waals surface area contributed by atoms with E-state index in [-0.39, 0.29) is 0 Å². The zero-order valence-electron chi connectivity index (χ0n) is 18.9. The Balaban J connectivity index is 1.29. The van der Waals surface area contributed by atoms with E-state index in [1.54, 1.807) is 6.20 Å². The summed E-state index contributed by atoms with van der Waals surface area (Å²) in [6, 6.07) is 15.8. The summed E-state index contributed by atoms with van der Waals surface area (Å²) >= 11 is 12.2. The van der Waals surface area contributed by atoms with E-state index in [1.165, 1.54) is 0 Å². The molecule has 0 bridgehead atoms. The Morgan fingerprint density at radius 2 is 1.61 bits per heavy atom. The van der Waals surface area contributed by atoms with Gasteiger partial charge in [-0.3, -0.25) is 14.9 Å². The van der Waals surface area contributed by atoms with Crippen molar-refractivity contribution in [2.75, 3.05) is 25.1 Å². The molecule has 1 atom stereocenters. The molecule has 2 aromatic carbocycles. The largest absolute Gasteiger partial charge is 0.477 e. The first-order valence-electron chi connectivity index (χ1n) is 11.2. The minimum atomic E-state index is 0.333. The number of hydrogen-bond acceptors (Lipinski definition) is 5. The fourth-order valence-corrected chi connectivity index (χ4v) is 4.23. The van der Waals surface area contributed by atoms with Crippen LogP contribution < -0.4 is 10.1 Å². The first kappa shape index (κ1) is 23.6. The van der Waals surface area contributed by atoms with Gasteiger partial charge in [0.2, 0.25) is 0 Å². The molecule has 2 aromatic heterocycles. The average molecular weight is 483 g/mol. The van der Waals surface area contributed by atoms with Gasteiger partial charge in [-0.2, -0.15) is 0 Å². The predicted molar refractivity (Wildman–Crippen MR) is 139 cm³/mol. The van der Waals surface area contributed by atoms with Gasteiger partial charge in [0.25, 0.3) is 0 Å². The number of fused-ring (bicyclic) bond motifs is 2. The molecule has 4 rings (SSSR count). The van der Waals surface area contributed by atoms with Crippen molar-refractivity contribution in [1.29, 1.82) is 0 Å². The van der Waals surface area contributed by atoms with Crippen molar-refractivity contribution in [2.45, 2.75) is 32.7 Å². The molecule has 4 aromatic rings. The van der Waals surface area contributed by atoms with Gasteiger partial charge < -0.3 is 10.1 Å². The second-order valence-electron chi connectivity index (χ2n) is 8.16. The van der Waals surface area contributed by atoms with E-state index in [2.05, 4.69) is 34.0 Å². The normalized spacial score (nSPS) is 12.4. The highest BCUT2D eigenvalue weighted by atomic mass is 35.5. The summed E-state index contributed by atoms with van der Waals surface area (Å²) in [6.45, 7) is 6.79. The number of nitrogens with one attached hydrogen (secondary N) is 1. The Morgan fingerprint density at radius 3 is 2.33 bits per heavy atom. The minimum Gasteiger partial charge on any atom is -0.477 e. The molecule has 0 radical (unpaired) electrons. The molecule has 1 N–H and O–H groups in total. The van der Waals surface area contributed by atoms with Crippen molar-refractivity contribution < 1.29 is 4.74 Å². The number of hydrogen-bond donors (Lipinski definition) is 1. The molecule has 1 unspecified atom stereocenters. The maximum atomic E-state index is 6.13. The SMILES string of the molecule is CCN(CCCC(C)Nc1ccnc2cc(Cl)ccc12)COc1ccnc2cc(Cl)ccc12. The standard InChI is InChI=1S/C26H28Cl2N4O/c1-3-32(17-33-26-11-13-30-25-16-20(28)7-9-22(25)26)14-4-5-18(2)31-23-10-12-29-24-15-19(27)6-8-21(23)24/h6-13,15-16,18H,3-5,14,17H2,1-2H3,(H,29,31). The zero-order chi connectivity index (χ0) is 23.2. The number of anilines is 1. The van der Waals surface area contributed by atoms with Crippen LogP contribution in [0, 0.1) is 0 Å². The van der Waals surface area contributed by atoms with Crippen molar-refractivity contribution in [3.63, 3.8) is 0 Å². The lowest BCUT2D eigenvalue weighted by molar-refractivity contribution is 0.130. The molecule has 5 nitrogen and oxygen atoms in total. The van der Waals surface area contributed by atoms with Gasteiger partial charge in [-0.15, -0.1) is 0 Å². The van der Waals surface area contributed by atoms with Crippen LogP contribution in [0.3, 0.4) is 0 Å².